The molecule has 7 nitrogen and oxygen atoms in total. The molecule has 1 atom stereocenters. The van der Waals surface area contributed by atoms with Crippen molar-refractivity contribution < 1.29 is 19.1 Å². The highest BCUT2D eigenvalue weighted by Gasteiger charge is 2.55. The lowest BCUT2D eigenvalue weighted by Gasteiger charge is -2.19. The summed E-state index contributed by atoms with van der Waals surface area (Å²) >= 11 is 0. The first-order valence-corrected chi connectivity index (χ1v) is 9.19. The molecule has 4 rings (SSSR count). The number of rotatable bonds is 6. The average molecular weight is 369 g/mol. The largest absolute Gasteiger partial charge is 0.490 e. The van der Waals surface area contributed by atoms with Gasteiger partial charge in [-0.2, -0.15) is 0 Å². The van der Waals surface area contributed by atoms with E-state index in [1.807, 2.05) is 13.8 Å². The van der Waals surface area contributed by atoms with Crippen LogP contribution in [0.4, 0.5) is 0 Å². The highest BCUT2D eigenvalue weighted by molar-refractivity contribution is 6.01. The molecule has 1 spiro atoms. The lowest BCUT2D eigenvalue weighted by molar-refractivity contribution is -0.119. The Morgan fingerprint density at radius 3 is 2.85 bits per heavy atom. The number of hydrogen-bond acceptors (Lipinski definition) is 5. The van der Waals surface area contributed by atoms with Crippen molar-refractivity contribution in [2.75, 3.05) is 6.61 Å². The monoisotopic (exact) mass is 369 g/mol. The quantitative estimate of drug-likeness (QED) is 0.812. The van der Waals surface area contributed by atoms with Crippen LogP contribution in [0.15, 0.2) is 24.4 Å². The van der Waals surface area contributed by atoms with Crippen molar-refractivity contribution in [2.24, 2.45) is 11.1 Å². The molecule has 1 aromatic carbocycles. The fourth-order valence-corrected chi connectivity index (χ4v) is 3.74. The summed E-state index contributed by atoms with van der Waals surface area (Å²) in [4.78, 5) is 27.9. The molecule has 1 aromatic heterocycles. The van der Waals surface area contributed by atoms with Crippen LogP contribution in [0.3, 0.4) is 0 Å². The molecule has 1 saturated heterocycles. The van der Waals surface area contributed by atoms with Gasteiger partial charge in [-0.05, 0) is 50.3 Å². The topological polar surface area (TPSA) is 104 Å². The molecular weight excluding hydrogens is 346 g/mol. The number of fused-ring (bicyclic) bond motifs is 1. The van der Waals surface area contributed by atoms with E-state index in [4.69, 9.17) is 15.2 Å². The second-order valence-electron chi connectivity index (χ2n) is 7.69. The van der Waals surface area contributed by atoms with Crippen molar-refractivity contribution in [1.29, 1.82) is 0 Å². The van der Waals surface area contributed by atoms with Gasteiger partial charge in [-0.25, -0.2) is 4.98 Å². The molecule has 0 radical (unpaired) electrons. The molecule has 2 amide bonds. The SMILES string of the molecule is CC(C)Oc1cc2c(OCC3NC(=O)CC34CC4)nccc2cc1C(N)=O. The summed E-state index contributed by atoms with van der Waals surface area (Å²) in [5.41, 5.74) is 5.89. The number of ether oxygens (including phenoxy) is 2. The van der Waals surface area contributed by atoms with Gasteiger partial charge in [0.1, 0.15) is 12.4 Å². The zero-order valence-electron chi connectivity index (χ0n) is 15.5. The Morgan fingerprint density at radius 2 is 2.19 bits per heavy atom. The lowest BCUT2D eigenvalue weighted by atomic mass is 9.98. The molecule has 2 aliphatic rings. The van der Waals surface area contributed by atoms with Crippen LogP contribution in [0.25, 0.3) is 10.8 Å². The molecule has 1 unspecified atom stereocenters. The maximum Gasteiger partial charge on any atom is 0.252 e. The molecular formula is C20H23N3O4. The van der Waals surface area contributed by atoms with Crippen molar-refractivity contribution in [3.05, 3.63) is 30.0 Å². The van der Waals surface area contributed by atoms with Crippen molar-refractivity contribution in [1.82, 2.24) is 10.3 Å². The molecule has 1 aliphatic heterocycles. The minimum atomic E-state index is -0.545. The second kappa shape index (κ2) is 6.40. The number of aromatic nitrogens is 1. The van der Waals surface area contributed by atoms with Gasteiger partial charge in [0.15, 0.2) is 0 Å². The number of pyridine rings is 1. The smallest absolute Gasteiger partial charge is 0.252 e. The van der Waals surface area contributed by atoms with Gasteiger partial charge in [0, 0.05) is 23.4 Å². The van der Waals surface area contributed by atoms with Crippen LogP contribution < -0.4 is 20.5 Å². The van der Waals surface area contributed by atoms with E-state index in [1.54, 1.807) is 24.4 Å². The van der Waals surface area contributed by atoms with Crippen LogP contribution >= 0.6 is 0 Å². The molecule has 2 heterocycles. The highest BCUT2D eigenvalue weighted by Crippen LogP contribution is 2.54. The number of hydrogen-bond donors (Lipinski definition) is 2. The first-order valence-electron chi connectivity index (χ1n) is 9.19. The minimum Gasteiger partial charge on any atom is -0.490 e. The highest BCUT2D eigenvalue weighted by atomic mass is 16.5. The van der Waals surface area contributed by atoms with Crippen LogP contribution in [-0.4, -0.2) is 35.6 Å². The Kier molecular flexibility index (Phi) is 4.17. The first kappa shape index (κ1) is 17.6. The summed E-state index contributed by atoms with van der Waals surface area (Å²) in [7, 11) is 0. The number of nitrogens with two attached hydrogens (primary N) is 1. The lowest BCUT2D eigenvalue weighted by Crippen LogP contribution is -2.35. The molecule has 1 saturated carbocycles. The third-order valence-electron chi connectivity index (χ3n) is 5.32. The summed E-state index contributed by atoms with van der Waals surface area (Å²) in [6.45, 7) is 4.14. The normalized spacial score (nSPS) is 20.1. The predicted octanol–water partition coefficient (Wildman–Crippen LogP) is 2.17. The van der Waals surface area contributed by atoms with E-state index in [1.165, 1.54) is 0 Å². The van der Waals surface area contributed by atoms with Crippen molar-refractivity contribution in [3.8, 4) is 11.6 Å². The van der Waals surface area contributed by atoms with Gasteiger partial charge in [-0.15, -0.1) is 0 Å². The number of nitrogens with one attached hydrogen (secondary N) is 1. The number of carbonyl (C=O) groups excluding carboxylic acids is 2. The number of carbonyl (C=O) groups is 2. The molecule has 7 heteroatoms. The summed E-state index contributed by atoms with van der Waals surface area (Å²) in [6, 6.07) is 5.26. The number of primary amides is 1. The fourth-order valence-electron chi connectivity index (χ4n) is 3.74. The molecule has 3 N–H and O–H groups in total. The van der Waals surface area contributed by atoms with Crippen molar-refractivity contribution in [3.63, 3.8) is 0 Å². The van der Waals surface area contributed by atoms with Gasteiger partial charge >= 0.3 is 0 Å². The average Bonchev–Trinajstić information content (AvgIpc) is 3.29. The van der Waals surface area contributed by atoms with E-state index in [0.29, 0.717) is 30.2 Å². The van der Waals surface area contributed by atoms with Gasteiger partial charge in [0.25, 0.3) is 5.91 Å². The van der Waals surface area contributed by atoms with Crippen LogP contribution in [0, 0.1) is 5.41 Å². The number of amides is 2. The minimum absolute atomic E-state index is 0.0123. The van der Waals surface area contributed by atoms with Crippen LogP contribution in [0.1, 0.15) is 43.5 Å². The zero-order chi connectivity index (χ0) is 19.2. The van der Waals surface area contributed by atoms with Crippen LogP contribution in [0.5, 0.6) is 11.6 Å². The van der Waals surface area contributed by atoms with E-state index >= 15 is 0 Å². The maximum absolute atomic E-state index is 11.8. The maximum atomic E-state index is 11.8. The summed E-state index contributed by atoms with van der Waals surface area (Å²) in [6.07, 6.45) is 4.21. The van der Waals surface area contributed by atoms with Crippen LogP contribution in [-0.2, 0) is 4.79 Å². The molecule has 1 aliphatic carbocycles. The van der Waals surface area contributed by atoms with E-state index in [0.717, 1.165) is 23.6 Å². The fraction of sp³-hybridized carbons (Fsp3) is 0.450. The van der Waals surface area contributed by atoms with E-state index < -0.39 is 5.91 Å². The second-order valence-corrected chi connectivity index (χ2v) is 7.69. The van der Waals surface area contributed by atoms with Crippen molar-refractivity contribution in [2.45, 2.75) is 45.3 Å². The number of benzene rings is 1. The Morgan fingerprint density at radius 1 is 1.41 bits per heavy atom. The predicted molar refractivity (Wildman–Crippen MR) is 99.7 cm³/mol. The summed E-state index contributed by atoms with van der Waals surface area (Å²) in [5.74, 6) is 0.409. The third kappa shape index (κ3) is 3.29. The first-order chi connectivity index (χ1) is 12.9. The molecule has 2 fully saturated rings. The Bertz CT molecular complexity index is 921. The van der Waals surface area contributed by atoms with Gasteiger partial charge in [-0.3, -0.25) is 9.59 Å². The number of nitrogens with zero attached hydrogens (tertiary/aromatic N) is 1. The van der Waals surface area contributed by atoms with E-state index in [2.05, 4.69) is 10.3 Å². The molecule has 2 aromatic rings. The van der Waals surface area contributed by atoms with Crippen LogP contribution in [0.2, 0.25) is 0 Å². The molecule has 142 valence electrons. The third-order valence-corrected chi connectivity index (χ3v) is 5.32. The van der Waals surface area contributed by atoms with Gasteiger partial charge in [0.05, 0.1) is 17.7 Å². The summed E-state index contributed by atoms with van der Waals surface area (Å²) < 4.78 is 11.8. The summed E-state index contributed by atoms with van der Waals surface area (Å²) in [5, 5.41) is 4.54. The standard InChI is InChI=1S/C20H23N3O4/c1-11(2)27-15-8-13-12(7-14(15)18(21)25)3-6-22-19(13)26-10-16-20(4-5-20)9-17(24)23-16/h3,6-8,11,16H,4-5,9-10H2,1-2H3,(H2,21,25)(H,23,24). The Hall–Kier alpha value is -2.83. The van der Waals surface area contributed by atoms with Crippen molar-refractivity contribution >= 4 is 22.6 Å². The van der Waals surface area contributed by atoms with Gasteiger partial charge in [0.2, 0.25) is 11.8 Å². The Labute approximate surface area is 157 Å². The zero-order valence-corrected chi connectivity index (χ0v) is 15.5. The van der Waals surface area contributed by atoms with E-state index in [9.17, 15) is 9.59 Å². The Balaban J connectivity index is 1.64. The van der Waals surface area contributed by atoms with Gasteiger partial charge in [-0.1, -0.05) is 0 Å². The molecule has 0 bridgehead atoms. The van der Waals surface area contributed by atoms with E-state index in [-0.39, 0.29) is 23.5 Å². The van der Waals surface area contributed by atoms with Gasteiger partial charge < -0.3 is 20.5 Å². The molecule has 27 heavy (non-hydrogen) atoms.